The van der Waals surface area contributed by atoms with E-state index in [2.05, 4.69) is 62.3 Å². The number of alkyl halides is 2. The van der Waals surface area contributed by atoms with Gasteiger partial charge in [0.1, 0.15) is 0 Å². The predicted molar refractivity (Wildman–Crippen MR) is 58.8 cm³/mol. The van der Waals surface area contributed by atoms with E-state index in [1.54, 1.807) is 0 Å². The third-order valence-electron chi connectivity index (χ3n) is 1.42. The third kappa shape index (κ3) is 1.63. The molecule has 0 aliphatic rings. The van der Waals surface area contributed by atoms with Gasteiger partial charge in [0, 0.05) is 20.1 Å². The fourth-order valence-corrected chi connectivity index (χ4v) is 2.43. The Kier molecular flexibility index (Phi) is 3.41. The molecule has 0 bridgehead atoms. The number of aryl methyl sites for hydroxylation is 1. The zero-order chi connectivity index (χ0) is 7.56. The maximum Gasteiger partial charge on any atom is 0.0761 e. The van der Waals surface area contributed by atoms with Crippen molar-refractivity contribution in [3.8, 4) is 0 Å². The summed E-state index contributed by atoms with van der Waals surface area (Å²) in [6.45, 7) is 2.07. The third-order valence-corrected chi connectivity index (χ3v) is 2.91. The molecule has 10 heavy (non-hydrogen) atoms. The summed E-state index contributed by atoms with van der Waals surface area (Å²) in [4.78, 5) is 0. The quantitative estimate of drug-likeness (QED) is 0.636. The Hall–Kier alpha value is 0.670. The molecule has 1 aromatic rings. The van der Waals surface area contributed by atoms with Gasteiger partial charge in [-0.1, -0.05) is 45.2 Å². The number of rotatable bonds is 2. The second kappa shape index (κ2) is 3.89. The van der Waals surface area contributed by atoms with Crippen LogP contribution in [0.4, 0.5) is 0 Å². The van der Waals surface area contributed by atoms with Gasteiger partial charge >= 0.3 is 0 Å². The standard InChI is InChI=1S/C6H8I2N2/c1-4-5(2-7)6(3-8)10-9-4/h2-3H2,1H3,(H,9,10). The van der Waals surface area contributed by atoms with Crippen LogP contribution in [0.25, 0.3) is 0 Å². The summed E-state index contributed by atoms with van der Waals surface area (Å²) in [5.74, 6) is 0. The normalized spacial score (nSPS) is 10.3. The second-order valence-electron chi connectivity index (χ2n) is 2.04. The maximum absolute atomic E-state index is 4.17. The lowest BCUT2D eigenvalue weighted by molar-refractivity contribution is 1.01. The highest BCUT2D eigenvalue weighted by atomic mass is 127. The van der Waals surface area contributed by atoms with Crippen LogP contribution < -0.4 is 0 Å². The van der Waals surface area contributed by atoms with Crippen molar-refractivity contribution in [3.05, 3.63) is 17.0 Å². The molecule has 0 aromatic carbocycles. The van der Waals surface area contributed by atoms with Gasteiger partial charge in [0.15, 0.2) is 0 Å². The Morgan fingerprint density at radius 2 is 2.10 bits per heavy atom. The summed E-state index contributed by atoms with van der Waals surface area (Å²) in [7, 11) is 0. The Morgan fingerprint density at radius 1 is 1.40 bits per heavy atom. The number of nitrogens with one attached hydrogen (secondary N) is 1. The topological polar surface area (TPSA) is 28.7 Å². The first-order valence-electron chi connectivity index (χ1n) is 2.94. The molecule has 0 saturated carbocycles. The van der Waals surface area contributed by atoms with E-state index in [0.717, 1.165) is 8.86 Å². The molecule has 0 unspecified atom stereocenters. The molecule has 1 N–H and O–H groups in total. The minimum absolute atomic E-state index is 1.00. The van der Waals surface area contributed by atoms with Gasteiger partial charge in [-0.05, 0) is 6.92 Å². The van der Waals surface area contributed by atoms with E-state index in [4.69, 9.17) is 0 Å². The molecule has 0 atom stereocenters. The van der Waals surface area contributed by atoms with Crippen molar-refractivity contribution in [2.45, 2.75) is 15.8 Å². The molecule has 2 nitrogen and oxygen atoms in total. The second-order valence-corrected chi connectivity index (χ2v) is 3.57. The van der Waals surface area contributed by atoms with Gasteiger partial charge in [0.2, 0.25) is 0 Å². The van der Waals surface area contributed by atoms with Crippen LogP contribution in [0.15, 0.2) is 0 Å². The van der Waals surface area contributed by atoms with E-state index in [1.807, 2.05) is 0 Å². The number of halogens is 2. The zero-order valence-corrected chi connectivity index (χ0v) is 9.93. The van der Waals surface area contributed by atoms with Crippen LogP contribution in [0.5, 0.6) is 0 Å². The van der Waals surface area contributed by atoms with E-state index in [9.17, 15) is 0 Å². The Bertz CT molecular complexity index is 220. The van der Waals surface area contributed by atoms with Crippen molar-refractivity contribution in [1.29, 1.82) is 0 Å². The molecule has 1 rings (SSSR count). The number of nitrogens with zero attached hydrogens (tertiary/aromatic N) is 1. The summed E-state index contributed by atoms with van der Waals surface area (Å²) in [6, 6.07) is 0. The fraction of sp³-hybridized carbons (Fsp3) is 0.500. The first-order chi connectivity index (χ1) is 4.79. The average molecular weight is 362 g/mol. The van der Waals surface area contributed by atoms with Gasteiger partial charge in [-0.25, -0.2) is 0 Å². The largest absolute Gasteiger partial charge is 0.282 e. The number of aromatic nitrogens is 2. The molecule has 56 valence electrons. The molecule has 0 saturated heterocycles. The molecule has 0 aliphatic heterocycles. The van der Waals surface area contributed by atoms with Gasteiger partial charge < -0.3 is 0 Å². The van der Waals surface area contributed by atoms with E-state index < -0.39 is 0 Å². The maximum atomic E-state index is 4.17. The van der Waals surface area contributed by atoms with Gasteiger partial charge in [0.05, 0.1) is 5.69 Å². The SMILES string of the molecule is Cc1[nH]nc(CI)c1CI. The number of H-pyrrole nitrogens is 1. The molecule has 0 radical (unpaired) electrons. The molecular formula is C6H8I2N2. The van der Waals surface area contributed by atoms with Crippen molar-refractivity contribution in [2.75, 3.05) is 0 Å². The Balaban J connectivity index is 3.01. The molecule has 0 aliphatic carbocycles. The summed E-state index contributed by atoms with van der Waals surface area (Å²) in [6.07, 6.45) is 0. The summed E-state index contributed by atoms with van der Waals surface area (Å²) >= 11 is 4.69. The summed E-state index contributed by atoms with van der Waals surface area (Å²) < 4.78 is 2.05. The molecular weight excluding hydrogens is 354 g/mol. The number of hydrogen-bond donors (Lipinski definition) is 1. The lowest BCUT2D eigenvalue weighted by Gasteiger charge is -1.92. The van der Waals surface area contributed by atoms with Crippen LogP contribution in [0.1, 0.15) is 17.0 Å². The average Bonchev–Trinajstić information content (AvgIpc) is 2.30. The van der Waals surface area contributed by atoms with Crippen molar-refractivity contribution in [1.82, 2.24) is 10.2 Å². The molecule has 1 aromatic heterocycles. The van der Waals surface area contributed by atoms with Crippen molar-refractivity contribution in [3.63, 3.8) is 0 Å². The first-order valence-corrected chi connectivity index (χ1v) is 5.99. The van der Waals surface area contributed by atoms with Gasteiger partial charge in [-0.3, -0.25) is 5.10 Å². The molecule has 0 spiro atoms. The number of aromatic amines is 1. The highest BCUT2D eigenvalue weighted by molar-refractivity contribution is 14.1. The Morgan fingerprint density at radius 3 is 2.50 bits per heavy atom. The first kappa shape index (κ1) is 8.76. The molecule has 1 heterocycles. The molecule has 4 heteroatoms. The lowest BCUT2D eigenvalue weighted by Crippen LogP contribution is -1.84. The van der Waals surface area contributed by atoms with Gasteiger partial charge in [-0.2, -0.15) is 5.10 Å². The smallest absolute Gasteiger partial charge is 0.0761 e. The highest BCUT2D eigenvalue weighted by Crippen LogP contribution is 2.16. The van der Waals surface area contributed by atoms with Crippen molar-refractivity contribution in [2.24, 2.45) is 0 Å². The monoisotopic (exact) mass is 362 g/mol. The minimum Gasteiger partial charge on any atom is -0.282 e. The fourth-order valence-electron chi connectivity index (χ4n) is 0.791. The van der Waals surface area contributed by atoms with Crippen molar-refractivity contribution < 1.29 is 0 Å². The predicted octanol–water partition coefficient (Wildman–Crippen LogP) is 2.59. The van der Waals surface area contributed by atoms with Crippen LogP contribution in [-0.2, 0) is 8.86 Å². The van der Waals surface area contributed by atoms with Crippen LogP contribution in [-0.4, -0.2) is 10.2 Å². The summed E-state index contributed by atoms with van der Waals surface area (Å²) in [5, 5.41) is 7.15. The molecule has 0 amide bonds. The van der Waals surface area contributed by atoms with Gasteiger partial charge in [-0.15, -0.1) is 0 Å². The lowest BCUT2D eigenvalue weighted by atomic mass is 10.2. The van der Waals surface area contributed by atoms with E-state index in [1.165, 1.54) is 17.0 Å². The van der Waals surface area contributed by atoms with E-state index >= 15 is 0 Å². The van der Waals surface area contributed by atoms with Crippen molar-refractivity contribution >= 4 is 45.2 Å². The molecule has 0 fully saturated rings. The highest BCUT2D eigenvalue weighted by Gasteiger charge is 2.05. The van der Waals surface area contributed by atoms with Gasteiger partial charge in [0.25, 0.3) is 0 Å². The van der Waals surface area contributed by atoms with Crippen LogP contribution in [0, 0.1) is 6.92 Å². The minimum atomic E-state index is 1.00. The van der Waals surface area contributed by atoms with Crippen LogP contribution >= 0.6 is 45.2 Å². The number of hydrogen-bond acceptors (Lipinski definition) is 1. The van der Waals surface area contributed by atoms with Crippen LogP contribution in [0.2, 0.25) is 0 Å². The zero-order valence-electron chi connectivity index (χ0n) is 5.62. The van der Waals surface area contributed by atoms with E-state index in [0.29, 0.717) is 0 Å². The summed E-state index contributed by atoms with van der Waals surface area (Å²) in [5.41, 5.74) is 3.78. The van der Waals surface area contributed by atoms with E-state index in [-0.39, 0.29) is 0 Å². The van der Waals surface area contributed by atoms with Crippen LogP contribution in [0.3, 0.4) is 0 Å². The Labute approximate surface area is 87.4 Å².